The van der Waals surface area contributed by atoms with Gasteiger partial charge in [-0.3, -0.25) is 0 Å². The first-order valence-electron chi connectivity index (χ1n) is 7.90. The van der Waals surface area contributed by atoms with Crippen LogP contribution in [-0.2, 0) is 9.84 Å². The van der Waals surface area contributed by atoms with Crippen molar-refractivity contribution in [2.75, 3.05) is 6.26 Å². The summed E-state index contributed by atoms with van der Waals surface area (Å²) < 4.78 is 23.5. The molecule has 1 aliphatic carbocycles. The molecule has 128 valence electrons. The molecule has 0 aromatic heterocycles. The molecule has 0 heterocycles. The Kier molecular flexibility index (Phi) is 4.35. The van der Waals surface area contributed by atoms with Gasteiger partial charge in [0.15, 0.2) is 9.84 Å². The number of carboxylic acids is 1. The topological polar surface area (TPSA) is 71.4 Å². The minimum atomic E-state index is -3.25. The molecule has 3 rings (SSSR count). The molecule has 2 aromatic carbocycles. The molecule has 25 heavy (non-hydrogen) atoms. The van der Waals surface area contributed by atoms with E-state index in [4.69, 9.17) is 5.11 Å². The highest BCUT2D eigenvalue weighted by atomic mass is 32.2. The molecule has 0 saturated heterocycles. The fraction of sp³-hybridized carbons (Fsp3) is 0.150. The lowest BCUT2D eigenvalue weighted by Gasteiger charge is -2.08. The van der Waals surface area contributed by atoms with Crippen molar-refractivity contribution in [1.82, 2.24) is 0 Å². The summed E-state index contributed by atoms with van der Waals surface area (Å²) in [7, 11) is -3.25. The number of carbonyl (C=O) groups is 1. The second-order valence-electron chi connectivity index (χ2n) is 6.03. The van der Waals surface area contributed by atoms with Crippen LogP contribution in [0.4, 0.5) is 0 Å². The Morgan fingerprint density at radius 3 is 2.56 bits per heavy atom. The zero-order valence-corrected chi connectivity index (χ0v) is 14.8. The first kappa shape index (κ1) is 17.2. The third-order valence-corrected chi connectivity index (χ3v) is 5.35. The highest BCUT2D eigenvalue weighted by Gasteiger charge is 2.20. The molecule has 1 N–H and O–H groups in total. The maximum absolute atomic E-state index is 11.8. The Hall–Kier alpha value is -2.66. The van der Waals surface area contributed by atoms with Gasteiger partial charge in [0.1, 0.15) is 0 Å². The van der Waals surface area contributed by atoms with E-state index in [1.54, 1.807) is 30.3 Å². The van der Waals surface area contributed by atoms with Crippen LogP contribution < -0.4 is 0 Å². The molecular weight excluding hydrogens is 336 g/mol. The molecule has 0 bridgehead atoms. The van der Waals surface area contributed by atoms with Crippen molar-refractivity contribution in [3.8, 4) is 0 Å². The van der Waals surface area contributed by atoms with Crippen LogP contribution in [-0.4, -0.2) is 25.7 Å². The van der Waals surface area contributed by atoms with Crippen LogP contribution in [0.1, 0.15) is 40.4 Å². The van der Waals surface area contributed by atoms with Crippen LogP contribution in [0.15, 0.2) is 52.9 Å². The predicted octanol–water partition coefficient (Wildman–Crippen LogP) is 4.14. The molecule has 5 heteroatoms. The molecule has 2 aromatic rings. The number of rotatable bonds is 4. The highest BCUT2D eigenvalue weighted by molar-refractivity contribution is 7.90. The fourth-order valence-corrected chi connectivity index (χ4v) is 3.62. The van der Waals surface area contributed by atoms with Crippen molar-refractivity contribution < 1.29 is 18.3 Å². The van der Waals surface area contributed by atoms with Crippen LogP contribution in [0.2, 0.25) is 0 Å². The molecule has 0 spiro atoms. The SMILES string of the molecule is CCC1=Cc2cc(S(C)(=O)=O)ccc2/C1=C\c1cccc(C(=O)O)c1. The first-order valence-corrected chi connectivity index (χ1v) is 9.79. The lowest BCUT2D eigenvalue weighted by molar-refractivity contribution is 0.0697. The summed E-state index contributed by atoms with van der Waals surface area (Å²) in [5.74, 6) is -0.962. The van der Waals surface area contributed by atoms with Gasteiger partial charge in [-0.15, -0.1) is 0 Å². The summed E-state index contributed by atoms with van der Waals surface area (Å²) >= 11 is 0. The van der Waals surface area contributed by atoms with E-state index in [9.17, 15) is 13.2 Å². The van der Waals surface area contributed by atoms with Crippen molar-refractivity contribution in [3.05, 3.63) is 70.3 Å². The summed E-state index contributed by atoms with van der Waals surface area (Å²) in [4.78, 5) is 11.4. The number of hydrogen-bond acceptors (Lipinski definition) is 3. The van der Waals surface area contributed by atoms with E-state index in [0.29, 0.717) is 4.90 Å². The fourth-order valence-electron chi connectivity index (χ4n) is 2.97. The van der Waals surface area contributed by atoms with E-state index in [-0.39, 0.29) is 5.56 Å². The van der Waals surface area contributed by atoms with Crippen LogP contribution >= 0.6 is 0 Å². The summed E-state index contributed by atoms with van der Waals surface area (Å²) in [6.45, 7) is 2.04. The van der Waals surface area contributed by atoms with Crippen LogP contribution in [0.25, 0.3) is 17.7 Å². The standard InChI is InChI=1S/C20H18O4S/c1-3-14-11-16-12-17(25(2,23)24)7-8-18(16)19(14)10-13-5-4-6-15(9-13)20(21)22/h4-12H,3H2,1-2H3,(H,21,22)/b19-10-. The summed E-state index contributed by atoms with van der Waals surface area (Å²) in [6.07, 6.45) is 5.94. The average Bonchev–Trinajstić information content (AvgIpc) is 2.91. The molecule has 0 aliphatic heterocycles. The van der Waals surface area contributed by atoms with Gasteiger partial charge in [-0.25, -0.2) is 13.2 Å². The Morgan fingerprint density at radius 2 is 1.92 bits per heavy atom. The summed E-state index contributed by atoms with van der Waals surface area (Å²) in [5, 5.41) is 9.14. The van der Waals surface area contributed by atoms with Gasteiger partial charge in [0.2, 0.25) is 0 Å². The summed E-state index contributed by atoms with van der Waals surface area (Å²) in [5.41, 5.74) is 4.98. The molecule has 0 amide bonds. The number of benzene rings is 2. The normalized spacial score (nSPS) is 15.1. The Bertz CT molecular complexity index is 1030. The number of allylic oxidation sites excluding steroid dienone is 2. The predicted molar refractivity (Wildman–Crippen MR) is 99.1 cm³/mol. The van der Waals surface area contributed by atoms with Gasteiger partial charge in [0.05, 0.1) is 10.5 Å². The Labute approximate surface area is 147 Å². The minimum Gasteiger partial charge on any atom is -0.478 e. The zero-order chi connectivity index (χ0) is 18.2. The zero-order valence-electron chi connectivity index (χ0n) is 14.0. The maximum Gasteiger partial charge on any atom is 0.335 e. The molecule has 0 atom stereocenters. The number of aromatic carboxylic acids is 1. The van der Waals surface area contributed by atoms with Gasteiger partial charge >= 0.3 is 5.97 Å². The van der Waals surface area contributed by atoms with E-state index >= 15 is 0 Å². The lowest BCUT2D eigenvalue weighted by atomic mass is 9.98. The third kappa shape index (κ3) is 3.42. The second-order valence-corrected chi connectivity index (χ2v) is 8.05. The minimum absolute atomic E-state index is 0.238. The lowest BCUT2D eigenvalue weighted by Crippen LogP contribution is -1.98. The Balaban J connectivity index is 2.11. The van der Waals surface area contributed by atoms with Crippen LogP contribution in [0, 0.1) is 0 Å². The quantitative estimate of drug-likeness (QED) is 0.896. The van der Waals surface area contributed by atoms with E-state index in [1.165, 1.54) is 6.26 Å². The molecule has 0 fully saturated rings. The van der Waals surface area contributed by atoms with Gasteiger partial charge in [-0.2, -0.15) is 0 Å². The maximum atomic E-state index is 11.8. The van der Waals surface area contributed by atoms with E-state index in [2.05, 4.69) is 0 Å². The summed E-state index contributed by atoms with van der Waals surface area (Å²) in [6, 6.07) is 11.9. The van der Waals surface area contributed by atoms with E-state index < -0.39 is 15.8 Å². The smallest absolute Gasteiger partial charge is 0.335 e. The van der Waals surface area contributed by atoms with Crippen LogP contribution in [0.3, 0.4) is 0 Å². The van der Waals surface area contributed by atoms with E-state index in [0.717, 1.165) is 34.3 Å². The Morgan fingerprint density at radius 1 is 1.16 bits per heavy atom. The third-order valence-electron chi connectivity index (χ3n) is 4.24. The van der Waals surface area contributed by atoms with Crippen molar-refractivity contribution in [2.24, 2.45) is 0 Å². The molecule has 0 radical (unpaired) electrons. The first-order chi connectivity index (χ1) is 11.8. The van der Waals surface area contributed by atoms with Crippen LogP contribution in [0.5, 0.6) is 0 Å². The molecule has 0 saturated carbocycles. The average molecular weight is 354 g/mol. The number of carboxylic acid groups (broad SMARTS) is 1. The van der Waals surface area contributed by atoms with Gasteiger partial charge in [-0.1, -0.05) is 31.2 Å². The van der Waals surface area contributed by atoms with Crippen molar-refractivity contribution in [3.63, 3.8) is 0 Å². The van der Waals surface area contributed by atoms with Gasteiger partial charge < -0.3 is 5.11 Å². The van der Waals surface area contributed by atoms with Gasteiger partial charge in [0.25, 0.3) is 0 Å². The van der Waals surface area contributed by atoms with Crippen molar-refractivity contribution >= 4 is 33.5 Å². The second kappa shape index (κ2) is 6.33. The molecule has 0 unspecified atom stereocenters. The number of sulfone groups is 1. The number of fused-ring (bicyclic) bond motifs is 1. The van der Waals surface area contributed by atoms with Crippen molar-refractivity contribution in [2.45, 2.75) is 18.2 Å². The highest BCUT2D eigenvalue weighted by Crippen LogP contribution is 2.39. The van der Waals surface area contributed by atoms with Gasteiger partial charge in [-0.05, 0) is 64.6 Å². The molecule has 1 aliphatic rings. The molecule has 4 nitrogen and oxygen atoms in total. The molecular formula is C20H18O4S. The number of hydrogen-bond donors (Lipinski definition) is 1. The largest absolute Gasteiger partial charge is 0.478 e. The van der Waals surface area contributed by atoms with E-state index in [1.807, 2.05) is 31.2 Å². The monoisotopic (exact) mass is 354 g/mol. The van der Waals surface area contributed by atoms with Crippen molar-refractivity contribution in [1.29, 1.82) is 0 Å². The van der Waals surface area contributed by atoms with Gasteiger partial charge in [0, 0.05) is 6.26 Å².